The Morgan fingerprint density at radius 1 is 1.13 bits per heavy atom. The molecule has 4 aromatic rings. The van der Waals surface area contributed by atoms with E-state index in [1.165, 1.54) is 11.8 Å². The van der Waals surface area contributed by atoms with E-state index in [4.69, 9.17) is 9.41 Å². The second-order valence-electron chi connectivity index (χ2n) is 8.90. The molecule has 9 heteroatoms. The van der Waals surface area contributed by atoms with Crippen molar-refractivity contribution in [3.05, 3.63) is 40.8 Å². The van der Waals surface area contributed by atoms with Crippen LogP contribution in [-0.2, 0) is 11.0 Å². The molecule has 0 bridgehead atoms. The van der Waals surface area contributed by atoms with Gasteiger partial charge in [0.1, 0.15) is 5.39 Å². The zero-order chi connectivity index (χ0) is 21.7. The number of hydrogen-bond donors (Lipinski definition) is 0. The van der Waals surface area contributed by atoms with Gasteiger partial charge in [0.25, 0.3) is 5.56 Å². The Hall–Kier alpha value is -2.23. The van der Waals surface area contributed by atoms with Gasteiger partial charge in [-0.05, 0) is 36.5 Å². The average molecular weight is 442 g/mol. The highest BCUT2D eigenvalue weighted by Gasteiger charge is 2.37. The summed E-state index contributed by atoms with van der Waals surface area (Å²) < 4.78 is 9.99. The number of para-hydroxylation sites is 1. The molecular weight excluding hydrogens is 414 g/mol. The van der Waals surface area contributed by atoms with E-state index in [0.29, 0.717) is 35.0 Å². The zero-order valence-corrected chi connectivity index (χ0v) is 20.1. The lowest BCUT2D eigenvalue weighted by molar-refractivity contribution is 0.265. The van der Waals surface area contributed by atoms with Gasteiger partial charge in [-0.3, -0.25) is 9.48 Å². The van der Waals surface area contributed by atoms with E-state index in [0.717, 1.165) is 10.9 Å². The fraction of sp³-hybridized carbons (Fsp3) is 0.429. The standard InChI is InChI=1S/C21H27N5O2SSi/c1-21(2,3)30(5,6)28-12-11-25-16-10-8-7-9-14(16)18-23-17-15(19(27)26(18)25)13-22-20(24-17)29-4/h7-10,13H,11-12H2,1-6H3. The maximum atomic E-state index is 13.4. The van der Waals surface area contributed by atoms with Crippen molar-refractivity contribution in [2.75, 3.05) is 12.9 Å². The Morgan fingerprint density at radius 3 is 2.57 bits per heavy atom. The van der Waals surface area contributed by atoms with Gasteiger partial charge in [-0.15, -0.1) is 0 Å². The predicted octanol–water partition coefficient (Wildman–Crippen LogP) is 4.34. The summed E-state index contributed by atoms with van der Waals surface area (Å²) >= 11 is 1.43. The van der Waals surface area contributed by atoms with Crippen LogP contribution in [0.25, 0.3) is 27.6 Å². The zero-order valence-electron chi connectivity index (χ0n) is 18.3. The third-order valence-corrected chi connectivity index (χ3v) is 11.1. The first kappa shape index (κ1) is 21.0. The molecule has 0 aliphatic rings. The van der Waals surface area contributed by atoms with Crippen LogP contribution in [0.5, 0.6) is 0 Å². The van der Waals surface area contributed by atoms with Gasteiger partial charge in [-0.2, -0.15) is 4.52 Å². The lowest BCUT2D eigenvalue weighted by Gasteiger charge is -2.36. The molecule has 158 valence electrons. The molecule has 0 amide bonds. The van der Waals surface area contributed by atoms with Gasteiger partial charge in [0.2, 0.25) is 0 Å². The van der Waals surface area contributed by atoms with E-state index in [1.807, 2.05) is 35.2 Å². The summed E-state index contributed by atoms with van der Waals surface area (Å²) in [5, 5.41) is 2.08. The van der Waals surface area contributed by atoms with Gasteiger partial charge in [0.05, 0.1) is 18.7 Å². The summed E-state index contributed by atoms with van der Waals surface area (Å²) in [6, 6.07) is 7.94. The summed E-state index contributed by atoms with van der Waals surface area (Å²) in [5.41, 5.74) is 1.83. The molecule has 0 fully saturated rings. The fourth-order valence-electron chi connectivity index (χ4n) is 3.27. The Balaban J connectivity index is 1.86. The second kappa shape index (κ2) is 7.47. The van der Waals surface area contributed by atoms with Crippen molar-refractivity contribution in [3.8, 4) is 0 Å². The lowest BCUT2D eigenvalue weighted by atomic mass is 10.2. The molecule has 30 heavy (non-hydrogen) atoms. The van der Waals surface area contributed by atoms with Crippen molar-refractivity contribution in [1.82, 2.24) is 24.1 Å². The predicted molar refractivity (Wildman–Crippen MR) is 125 cm³/mol. The molecule has 0 atom stereocenters. The van der Waals surface area contributed by atoms with Crippen LogP contribution in [0, 0.1) is 0 Å². The van der Waals surface area contributed by atoms with E-state index in [9.17, 15) is 4.79 Å². The minimum atomic E-state index is -1.88. The number of benzene rings is 1. The molecule has 3 heterocycles. The van der Waals surface area contributed by atoms with Crippen LogP contribution < -0.4 is 5.56 Å². The maximum absolute atomic E-state index is 13.4. The van der Waals surface area contributed by atoms with Crippen molar-refractivity contribution >= 4 is 47.7 Å². The monoisotopic (exact) mass is 441 g/mol. The molecule has 0 spiro atoms. The third kappa shape index (κ3) is 3.44. The number of aromatic nitrogens is 5. The van der Waals surface area contributed by atoms with Crippen LogP contribution in [0.15, 0.2) is 40.4 Å². The largest absolute Gasteiger partial charge is 0.415 e. The molecule has 4 rings (SSSR count). The minimum absolute atomic E-state index is 0.134. The van der Waals surface area contributed by atoms with Crippen LogP contribution in [0.1, 0.15) is 20.8 Å². The van der Waals surface area contributed by atoms with Crippen molar-refractivity contribution in [1.29, 1.82) is 0 Å². The van der Waals surface area contributed by atoms with E-state index in [2.05, 4.69) is 43.8 Å². The van der Waals surface area contributed by atoms with Crippen molar-refractivity contribution in [2.24, 2.45) is 0 Å². The van der Waals surface area contributed by atoms with E-state index < -0.39 is 8.32 Å². The summed E-state index contributed by atoms with van der Waals surface area (Å²) in [7, 11) is -1.88. The van der Waals surface area contributed by atoms with Crippen molar-refractivity contribution < 1.29 is 4.43 Å². The minimum Gasteiger partial charge on any atom is -0.415 e. The van der Waals surface area contributed by atoms with Gasteiger partial charge < -0.3 is 4.43 Å². The Kier molecular flexibility index (Phi) is 5.23. The second-order valence-corrected chi connectivity index (χ2v) is 14.5. The summed E-state index contributed by atoms with van der Waals surface area (Å²) in [6.45, 7) is 12.3. The number of thioether (sulfide) groups is 1. The van der Waals surface area contributed by atoms with Crippen LogP contribution in [0.3, 0.4) is 0 Å². The van der Waals surface area contributed by atoms with Gasteiger partial charge in [-0.1, -0.05) is 44.7 Å². The van der Waals surface area contributed by atoms with E-state index in [-0.39, 0.29) is 10.6 Å². The van der Waals surface area contributed by atoms with Crippen LogP contribution in [0.4, 0.5) is 0 Å². The molecule has 0 unspecified atom stereocenters. The summed E-state index contributed by atoms with van der Waals surface area (Å²) in [5.74, 6) is 0. The molecule has 7 nitrogen and oxygen atoms in total. The molecule has 0 N–H and O–H groups in total. The van der Waals surface area contributed by atoms with Gasteiger partial charge in [0.15, 0.2) is 24.8 Å². The van der Waals surface area contributed by atoms with E-state index in [1.54, 1.807) is 10.7 Å². The van der Waals surface area contributed by atoms with Crippen molar-refractivity contribution in [3.63, 3.8) is 0 Å². The molecular formula is C21H27N5O2SSi. The first-order chi connectivity index (χ1) is 14.1. The third-order valence-electron chi connectivity index (χ3n) is 6.00. The quantitative estimate of drug-likeness (QED) is 0.261. The maximum Gasteiger partial charge on any atom is 0.283 e. The lowest BCUT2D eigenvalue weighted by Crippen LogP contribution is -2.41. The smallest absolute Gasteiger partial charge is 0.283 e. The number of fused-ring (bicyclic) bond motifs is 4. The van der Waals surface area contributed by atoms with Gasteiger partial charge >= 0.3 is 0 Å². The van der Waals surface area contributed by atoms with Crippen LogP contribution in [-0.4, -0.2) is 45.3 Å². The molecule has 0 saturated heterocycles. The Morgan fingerprint density at radius 2 is 1.87 bits per heavy atom. The molecule has 0 aliphatic carbocycles. The van der Waals surface area contributed by atoms with Crippen LogP contribution in [0.2, 0.25) is 18.1 Å². The van der Waals surface area contributed by atoms with Gasteiger partial charge in [0, 0.05) is 11.6 Å². The molecule has 0 saturated carbocycles. The van der Waals surface area contributed by atoms with E-state index >= 15 is 0 Å². The molecule has 0 aliphatic heterocycles. The Bertz CT molecular complexity index is 1310. The first-order valence-electron chi connectivity index (χ1n) is 9.99. The molecule has 3 aromatic heterocycles. The molecule has 1 aromatic carbocycles. The number of hydrogen-bond acceptors (Lipinski definition) is 6. The van der Waals surface area contributed by atoms with Gasteiger partial charge in [-0.25, -0.2) is 15.0 Å². The highest BCUT2D eigenvalue weighted by atomic mass is 32.2. The summed E-state index contributed by atoms with van der Waals surface area (Å²) in [4.78, 5) is 26.8. The molecule has 0 radical (unpaired) electrons. The fourth-order valence-corrected chi connectivity index (χ4v) is 4.64. The SMILES string of the molecule is CSc1ncc2c(=O)n3c(nc2n1)c1ccccc1n3CCO[Si](C)(C)C(C)(C)C. The topological polar surface area (TPSA) is 74.3 Å². The Labute approximate surface area is 180 Å². The number of rotatable bonds is 5. The van der Waals surface area contributed by atoms with Crippen LogP contribution >= 0.6 is 11.8 Å². The van der Waals surface area contributed by atoms with Crippen molar-refractivity contribution in [2.45, 2.75) is 50.6 Å². The normalized spacial score (nSPS) is 13.0. The first-order valence-corrected chi connectivity index (χ1v) is 14.1. The highest BCUT2D eigenvalue weighted by Crippen LogP contribution is 2.36. The summed E-state index contributed by atoms with van der Waals surface area (Å²) in [6.07, 6.45) is 3.48. The number of nitrogens with zero attached hydrogens (tertiary/aromatic N) is 5. The average Bonchev–Trinajstić information content (AvgIpc) is 3.01. The highest BCUT2D eigenvalue weighted by molar-refractivity contribution is 7.98.